The van der Waals surface area contributed by atoms with Crippen LogP contribution in [0.5, 0.6) is 0 Å². The third kappa shape index (κ3) is 3.97. The van der Waals surface area contributed by atoms with Crippen LogP contribution in [0, 0.1) is 5.41 Å². The van der Waals surface area contributed by atoms with Crippen molar-refractivity contribution in [2.24, 2.45) is 11.1 Å². The minimum atomic E-state index is -0.313. The van der Waals surface area contributed by atoms with Gasteiger partial charge in [0.2, 0.25) is 5.91 Å². The third-order valence-corrected chi connectivity index (χ3v) is 4.25. The maximum Gasteiger partial charge on any atom is 0.221 e. The summed E-state index contributed by atoms with van der Waals surface area (Å²) >= 11 is 0. The average molecular weight is 276 g/mol. The molecule has 0 heterocycles. The number of hydrogen-bond acceptors (Lipinski definition) is 3. The van der Waals surface area contributed by atoms with Gasteiger partial charge in [0.1, 0.15) is 0 Å². The van der Waals surface area contributed by atoms with Crippen LogP contribution >= 0.6 is 0 Å². The third-order valence-electron chi connectivity index (χ3n) is 4.25. The summed E-state index contributed by atoms with van der Waals surface area (Å²) in [6.07, 6.45) is 6.16. The molecule has 4 N–H and O–H groups in total. The van der Waals surface area contributed by atoms with Crippen LogP contribution < -0.4 is 11.1 Å². The second kappa shape index (κ2) is 6.75. The predicted octanol–water partition coefficient (Wildman–Crippen LogP) is 2.07. The Morgan fingerprint density at radius 1 is 1.20 bits per heavy atom. The van der Waals surface area contributed by atoms with Gasteiger partial charge in [-0.2, -0.15) is 0 Å². The highest BCUT2D eigenvalue weighted by Crippen LogP contribution is 2.35. The second-order valence-corrected chi connectivity index (χ2v) is 5.91. The zero-order valence-corrected chi connectivity index (χ0v) is 11.9. The number of rotatable bonds is 6. The number of nitrogens with one attached hydrogen (secondary N) is 1. The normalized spacial score (nSPS) is 17.6. The summed E-state index contributed by atoms with van der Waals surface area (Å²) in [7, 11) is 0. The standard InChI is InChI=1S/C16H24N2O2/c17-15(20)10-13-4-6-14(7-5-13)18-11-16(12-19)8-2-1-3-9-16/h4-7,18-19H,1-3,8-12H2,(H2,17,20). The highest BCUT2D eigenvalue weighted by molar-refractivity contribution is 5.76. The van der Waals surface area contributed by atoms with Gasteiger partial charge in [0.05, 0.1) is 13.0 Å². The van der Waals surface area contributed by atoms with Gasteiger partial charge in [0.15, 0.2) is 0 Å². The minimum absolute atomic E-state index is 0.0319. The lowest BCUT2D eigenvalue weighted by atomic mass is 9.74. The van der Waals surface area contributed by atoms with Crippen LogP contribution in [-0.2, 0) is 11.2 Å². The maximum atomic E-state index is 10.8. The Labute approximate surface area is 120 Å². The van der Waals surface area contributed by atoms with Crippen molar-refractivity contribution in [1.82, 2.24) is 0 Å². The molecule has 110 valence electrons. The fourth-order valence-corrected chi connectivity index (χ4v) is 2.92. The molecule has 0 radical (unpaired) electrons. The molecule has 1 aromatic carbocycles. The largest absolute Gasteiger partial charge is 0.396 e. The van der Waals surface area contributed by atoms with E-state index in [-0.39, 0.29) is 24.3 Å². The summed E-state index contributed by atoms with van der Waals surface area (Å²) < 4.78 is 0. The lowest BCUT2D eigenvalue weighted by Gasteiger charge is -2.36. The topological polar surface area (TPSA) is 75.4 Å². The Kier molecular flexibility index (Phi) is 5.01. The molecule has 0 unspecified atom stereocenters. The Morgan fingerprint density at radius 3 is 2.40 bits per heavy atom. The van der Waals surface area contributed by atoms with Gasteiger partial charge in [-0.25, -0.2) is 0 Å². The van der Waals surface area contributed by atoms with Crippen molar-refractivity contribution in [2.75, 3.05) is 18.5 Å². The number of amides is 1. The number of aliphatic hydroxyl groups excluding tert-OH is 1. The molecule has 1 saturated carbocycles. The van der Waals surface area contributed by atoms with Crippen LogP contribution in [0.2, 0.25) is 0 Å². The van der Waals surface area contributed by atoms with E-state index >= 15 is 0 Å². The van der Waals surface area contributed by atoms with Crippen molar-refractivity contribution < 1.29 is 9.90 Å². The van der Waals surface area contributed by atoms with Crippen molar-refractivity contribution >= 4 is 11.6 Å². The second-order valence-electron chi connectivity index (χ2n) is 5.91. The summed E-state index contributed by atoms with van der Waals surface area (Å²) in [6.45, 7) is 1.05. The number of primary amides is 1. The molecule has 1 aliphatic rings. The van der Waals surface area contributed by atoms with Crippen LogP contribution in [0.3, 0.4) is 0 Å². The highest BCUT2D eigenvalue weighted by Gasteiger charge is 2.30. The van der Waals surface area contributed by atoms with Gasteiger partial charge in [-0.15, -0.1) is 0 Å². The molecule has 4 nitrogen and oxygen atoms in total. The van der Waals surface area contributed by atoms with Crippen LogP contribution in [0.1, 0.15) is 37.7 Å². The molecule has 1 aromatic rings. The van der Waals surface area contributed by atoms with Gasteiger partial charge < -0.3 is 16.2 Å². The molecule has 0 aliphatic heterocycles. The van der Waals surface area contributed by atoms with E-state index in [2.05, 4.69) is 5.32 Å². The van der Waals surface area contributed by atoms with Gasteiger partial charge in [0.25, 0.3) is 0 Å². The first kappa shape index (κ1) is 14.9. The first-order valence-corrected chi connectivity index (χ1v) is 7.36. The van der Waals surface area contributed by atoms with Gasteiger partial charge in [-0.05, 0) is 30.5 Å². The first-order chi connectivity index (χ1) is 9.63. The predicted molar refractivity (Wildman–Crippen MR) is 80.4 cm³/mol. The molecule has 0 atom stereocenters. The number of anilines is 1. The van der Waals surface area contributed by atoms with Crippen LogP contribution in [0.25, 0.3) is 0 Å². The van der Waals surface area contributed by atoms with Crippen molar-refractivity contribution in [1.29, 1.82) is 0 Å². The van der Waals surface area contributed by atoms with Crippen molar-refractivity contribution in [3.8, 4) is 0 Å². The fourth-order valence-electron chi connectivity index (χ4n) is 2.92. The number of benzene rings is 1. The van der Waals surface area contributed by atoms with Gasteiger partial charge in [-0.1, -0.05) is 31.4 Å². The molecule has 20 heavy (non-hydrogen) atoms. The minimum Gasteiger partial charge on any atom is -0.396 e. The molecular formula is C16H24N2O2. The summed E-state index contributed by atoms with van der Waals surface area (Å²) in [5.74, 6) is -0.313. The van der Waals surface area contributed by atoms with Gasteiger partial charge in [0, 0.05) is 17.6 Å². The van der Waals surface area contributed by atoms with Crippen LogP contribution in [0.4, 0.5) is 5.69 Å². The number of hydrogen-bond donors (Lipinski definition) is 3. The Balaban J connectivity index is 1.91. The molecule has 0 spiro atoms. The summed E-state index contributed by atoms with van der Waals surface area (Å²) in [6, 6.07) is 7.76. The number of carbonyl (C=O) groups excluding carboxylic acids is 1. The quantitative estimate of drug-likeness (QED) is 0.744. The molecule has 1 aliphatic carbocycles. The van der Waals surface area contributed by atoms with Crippen molar-refractivity contribution in [2.45, 2.75) is 38.5 Å². The monoisotopic (exact) mass is 276 g/mol. The maximum absolute atomic E-state index is 10.8. The molecule has 0 saturated heterocycles. The van der Waals surface area contributed by atoms with E-state index in [1.807, 2.05) is 24.3 Å². The Bertz CT molecular complexity index is 436. The van der Waals surface area contributed by atoms with Gasteiger partial charge in [-0.3, -0.25) is 4.79 Å². The molecule has 0 aromatic heterocycles. The van der Waals surface area contributed by atoms with E-state index in [0.717, 1.165) is 30.6 Å². The molecular weight excluding hydrogens is 252 g/mol. The van der Waals surface area contributed by atoms with E-state index in [4.69, 9.17) is 5.73 Å². The van der Waals surface area contributed by atoms with E-state index in [0.29, 0.717) is 0 Å². The number of carbonyl (C=O) groups is 1. The smallest absolute Gasteiger partial charge is 0.221 e. The molecule has 1 amide bonds. The van der Waals surface area contributed by atoms with Crippen LogP contribution in [0.15, 0.2) is 24.3 Å². The SMILES string of the molecule is NC(=O)Cc1ccc(NCC2(CO)CCCCC2)cc1. The zero-order valence-electron chi connectivity index (χ0n) is 11.9. The van der Waals surface area contributed by atoms with E-state index in [1.165, 1.54) is 19.3 Å². The van der Waals surface area contributed by atoms with Crippen LogP contribution in [-0.4, -0.2) is 24.2 Å². The van der Waals surface area contributed by atoms with Crippen molar-refractivity contribution in [3.05, 3.63) is 29.8 Å². The average Bonchev–Trinajstić information content (AvgIpc) is 2.47. The lowest BCUT2D eigenvalue weighted by Crippen LogP contribution is -2.35. The number of nitrogens with two attached hydrogens (primary N) is 1. The zero-order chi connectivity index (χ0) is 14.4. The highest BCUT2D eigenvalue weighted by atomic mass is 16.3. The fraction of sp³-hybridized carbons (Fsp3) is 0.562. The number of aliphatic hydroxyl groups is 1. The Hall–Kier alpha value is -1.55. The summed E-state index contributed by atoms with van der Waals surface area (Å²) in [5, 5.41) is 13.1. The van der Waals surface area contributed by atoms with E-state index < -0.39 is 0 Å². The van der Waals surface area contributed by atoms with Gasteiger partial charge >= 0.3 is 0 Å². The van der Waals surface area contributed by atoms with Crippen molar-refractivity contribution in [3.63, 3.8) is 0 Å². The molecule has 4 heteroatoms. The van der Waals surface area contributed by atoms with E-state index in [1.54, 1.807) is 0 Å². The molecule has 0 bridgehead atoms. The van der Waals surface area contributed by atoms with E-state index in [9.17, 15) is 9.90 Å². The molecule has 1 fully saturated rings. The first-order valence-electron chi connectivity index (χ1n) is 7.36. The summed E-state index contributed by atoms with van der Waals surface area (Å²) in [4.78, 5) is 10.8. The Morgan fingerprint density at radius 2 is 1.85 bits per heavy atom. The molecule has 2 rings (SSSR count). The summed E-state index contributed by atoms with van der Waals surface area (Å²) in [5.41, 5.74) is 7.16. The lowest BCUT2D eigenvalue weighted by molar-refractivity contribution is -0.117.